The molecule has 1 aliphatic rings. The number of alkyl halides is 3. The first kappa shape index (κ1) is 13.9. The normalized spacial score (nSPS) is 15.2. The number of aromatic nitrogens is 3. The Morgan fingerprint density at radius 2 is 1.81 bits per heavy atom. The van der Waals surface area contributed by atoms with Gasteiger partial charge in [-0.1, -0.05) is 0 Å². The highest BCUT2D eigenvalue weighted by Crippen LogP contribution is 2.40. The van der Waals surface area contributed by atoms with Gasteiger partial charge in [-0.05, 0) is 30.5 Å². The number of aliphatic hydroxyl groups is 1. The van der Waals surface area contributed by atoms with Crippen LogP contribution in [0.2, 0.25) is 0 Å². The Hall–Kier alpha value is -2.02. The van der Waals surface area contributed by atoms with E-state index >= 15 is 0 Å². The van der Waals surface area contributed by atoms with Gasteiger partial charge in [-0.15, -0.1) is 0 Å². The van der Waals surface area contributed by atoms with Gasteiger partial charge < -0.3 is 5.11 Å². The first-order valence-electron chi connectivity index (χ1n) is 6.48. The molecule has 0 atom stereocenters. The van der Waals surface area contributed by atoms with Crippen molar-refractivity contribution in [2.24, 2.45) is 0 Å². The van der Waals surface area contributed by atoms with Crippen molar-refractivity contribution < 1.29 is 18.3 Å². The minimum atomic E-state index is -4.56. The predicted octanol–water partition coefficient (Wildman–Crippen LogP) is 2.93. The van der Waals surface area contributed by atoms with Crippen molar-refractivity contribution in [1.29, 1.82) is 0 Å². The zero-order valence-electron chi connectivity index (χ0n) is 10.9. The summed E-state index contributed by atoms with van der Waals surface area (Å²) in [5, 5.41) is 9.28. The molecule has 2 aromatic rings. The van der Waals surface area contributed by atoms with Crippen molar-refractivity contribution in [2.75, 3.05) is 0 Å². The Kier molecular flexibility index (Phi) is 3.36. The van der Waals surface area contributed by atoms with Gasteiger partial charge in [0.05, 0.1) is 12.3 Å². The van der Waals surface area contributed by atoms with E-state index in [0.717, 1.165) is 30.9 Å². The summed E-state index contributed by atoms with van der Waals surface area (Å²) in [7, 11) is 0. The maximum absolute atomic E-state index is 12.4. The van der Waals surface area contributed by atoms with Crippen LogP contribution in [-0.4, -0.2) is 20.1 Å². The topological polar surface area (TPSA) is 58.9 Å². The van der Waals surface area contributed by atoms with Gasteiger partial charge in [0.1, 0.15) is 0 Å². The molecule has 2 aromatic heterocycles. The van der Waals surface area contributed by atoms with Crippen LogP contribution in [0.5, 0.6) is 0 Å². The Balaban J connectivity index is 1.97. The highest BCUT2D eigenvalue weighted by molar-refractivity contribution is 5.58. The SMILES string of the molecule is OCc1cc(-c2cnc(C(F)(F)F)nc2)nc(C2CC2)c1. The minimum Gasteiger partial charge on any atom is -0.392 e. The zero-order valence-corrected chi connectivity index (χ0v) is 10.9. The van der Waals surface area contributed by atoms with Gasteiger partial charge >= 0.3 is 6.18 Å². The molecule has 4 nitrogen and oxygen atoms in total. The lowest BCUT2D eigenvalue weighted by Crippen LogP contribution is -2.10. The number of rotatable bonds is 3. The van der Waals surface area contributed by atoms with Crippen LogP contribution in [0.3, 0.4) is 0 Å². The summed E-state index contributed by atoms with van der Waals surface area (Å²) in [6.07, 6.45) is -0.250. The molecule has 0 spiro atoms. The molecular weight excluding hydrogens is 283 g/mol. The van der Waals surface area contributed by atoms with Crippen LogP contribution in [0.15, 0.2) is 24.5 Å². The van der Waals surface area contributed by atoms with Crippen LogP contribution in [0.25, 0.3) is 11.3 Å². The van der Waals surface area contributed by atoms with Gasteiger partial charge in [-0.3, -0.25) is 4.98 Å². The first-order valence-corrected chi connectivity index (χ1v) is 6.48. The largest absolute Gasteiger partial charge is 0.451 e. The van der Waals surface area contributed by atoms with E-state index in [4.69, 9.17) is 0 Å². The van der Waals surface area contributed by atoms with E-state index in [1.165, 1.54) is 0 Å². The zero-order chi connectivity index (χ0) is 15.0. The fourth-order valence-electron chi connectivity index (χ4n) is 2.04. The van der Waals surface area contributed by atoms with Crippen LogP contribution in [-0.2, 0) is 12.8 Å². The number of pyridine rings is 1. The molecule has 1 N–H and O–H groups in total. The van der Waals surface area contributed by atoms with Crippen LogP contribution in [0, 0.1) is 0 Å². The van der Waals surface area contributed by atoms with Crippen molar-refractivity contribution in [3.8, 4) is 11.3 Å². The minimum absolute atomic E-state index is 0.142. The Morgan fingerprint density at radius 1 is 1.14 bits per heavy atom. The summed E-state index contributed by atoms with van der Waals surface area (Å²) in [4.78, 5) is 11.1. The van der Waals surface area contributed by atoms with Crippen LogP contribution in [0.1, 0.15) is 35.8 Å². The van der Waals surface area contributed by atoms with E-state index in [9.17, 15) is 18.3 Å². The van der Waals surface area contributed by atoms with Crippen molar-refractivity contribution >= 4 is 0 Å². The third-order valence-electron chi connectivity index (χ3n) is 3.28. The summed E-state index contributed by atoms with van der Waals surface area (Å²) >= 11 is 0. The van der Waals surface area contributed by atoms with Gasteiger partial charge in [0.25, 0.3) is 0 Å². The van der Waals surface area contributed by atoms with Crippen molar-refractivity contribution in [1.82, 2.24) is 15.0 Å². The van der Waals surface area contributed by atoms with E-state index < -0.39 is 12.0 Å². The average molecular weight is 295 g/mol. The third-order valence-corrected chi connectivity index (χ3v) is 3.28. The van der Waals surface area contributed by atoms with Crippen molar-refractivity contribution in [3.63, 3.8) is 0 Å². The number of nitrogens with zero attached hydrogens (tertiary/aromatic N) is 3. The highest BCUT2D eigenvalue weighted by atomic mass is 19.4. The van der Waals surface area contributed by atoms with Crippen LogP contribution in [0.4, 0.5) is 13.2 Å². The smallest absolute Gasteiger partial charge is 0.392 e. The van der Waals surface area contributed by atoms with Crippen molar-refractivity contribution in [3.05, 3.63) is 41.6 Å². The van der Waals surface area contributed by atoms with Crippen LogP contribution < -0.4 is 0 Å². The van der Waals surface area contributed by atoms with E-state index in [-0.39, 0.29) is 6.61 Å². The van der Waals surface area contributed by atoms with Gasteiger partial charge in [0.2, 0.25) is 5.82 Å². The van der Waals surface area contributed by atoms with E-state index in [1.54, 1.807) is 6.07 Å². The molecule has 1 aliphatic carbocycles. The van der Waals surface area contributed by atoms with E-state index in [0.29, 0.717) is 22.7 Å². The van der Waals surface area contributed by atoms with Crippen LogP contribution >= 0.6 is 0 Å². The molecule has 2 heterocycles. The van der Waals surface area contributed by atoms with E-state index in [1.807, 2.05) is 6.07 Å². The highest BCUT2D eigenvalue weighted by Gasteiger charge is 2.34. The number of hydrogen-bond acceptors (Lipinski definition) is 4. The lowest BCUT2D eigenvalue weighted by molar-refractivity contribution is -0.144. The lowest BCUT2D eigenvalue weighted by atomic mass is 10.1. The third kappa shape index (κ3) is 3.02. The monoisotopic (exact) mass is 295 g/mol. The Bertz CT molecular complexity index is 652. The first-order chi connectivity index (χ1) is 9.97. The molecule has 0 aromatic carbocycles. The summed E-state index contributed by atoms with van der Waals surface area (Å²) in [5.41, 5.74) is 2.43. The molecule has 0 unspecified atom stereocenters. The molecule has 0 bridgehead atoms. The molecule has 0 radical (unpaired) electrons. The summed E-state index contributed by atoms with van der Waals surface area (Å²) < 4.78 is 37.3. The second-order valence-electron chi connectivity index (χ2n) is 5.01. The number of halogens is 3. The summed E-state index contributed by atoms with van der Waals surface area (Å²) in [6.45, 7) is -0.142. The van der Waals surface area contributed by atoms with E-state index in [2.05, 4.69) is 15.0 Å². The molecule has 0 saturated heterocycles. The molecule has 1 saturated carbocycles. The quantitative estimate of drug-likeness (QED) is 0.946. The van der Waals surface area contributed by atoms with Gasteiger partial charge in [0.15, 0.2) is 0 Å². The molecule has 110 valence electrons. The Labute approximate surface area is 118 Å². The standard InChI is InChI=1S/C14H12F3N3O/c15-14(16,17)13-18-5-10(6-19-13)12-4-8(7-21)3-11(20-12)9-1-2-9/h3-6,9,21H,1-2,7H2. The number of aliphatic hydroxyl groups excluding tert-OH is 1. The molecule has 1 fully saturated rings. The molecule has 0 aliphatic heterocycles. The summed E-state index contributed by atoms with van der Waals surface area (Å²) in [5.74, 6) is -0.794. The average Bonchev–Trinajstić information content (AvgIpc) is 3.30. The molecule has 3 rings (SSSR count). The molecular formula is C14H12F3N3O. The maximum Gasteiger partial charge on any atom is 0.451 e. The Morgan fingerprint density at radius 3 is 2.33 bits per heavy atom. The van der Waals surface area contributed by atoms with Gasteiger partial charge in [-0.25, -0.2) is 9.97 Å². The second kappa shape index (κ2) is 5.07. The predicted molar refractivity (Wildman–Crippen MR) is 68.2 cm³/mol. The maximum atomic E-state index is 12.4. The number of hydrogen-bond donors (Lipinski definition) is 1. The molecule has 7 heteroatoms. The van der Waals surface area contributed by atoms with Crippen molar-refractivity contribution in [2.45, 2.75) is 31.5 Å². The van der Waals surface area contributed by atoms with Gasteiger partial charge in [-0.2, -0.15) is 13.2 Å². The van der Waals surface area contributed by atoms with Gasteiger partial charge in [0, 0.05) is 29.6 Å². The fourth-order valence-corrected chi connectivity index (χ4v) is 2.04. The molecule has 21 heavy (non-hydrogen) atoms. The lowest BCUT2D eigenvalue weighted by Gasteiger charge is -2.08. The summed E-state index contributed by atoms with van der Waals surface area (Å²) in [6, 6.07) is 3.46. The fraction of sp³-hybridized carbons (Fsp3) is 0.357. The second-order valence-corrected chi connectivity index (χ2v) is 5.01. The molecule has 0 amide bonds.